The second-order valence-corrected chi connectivity index (χ2v) is 5.17. The summed E-state index contributed by atoms with van der Waals surface area (Å²) in [5.41, 5.74) is 0.514. The van der Waals surface area contributed by atoms with Gasteiger partial charge in [0.1, 0.15) is 11.6 Å². The Morgan fingerprint density at radius 2 is 2.05 bits per heavy atom. The van der Waals surface area contributed by atoms with Crippen LogP contribution in [0.3, 0.4) is 0 Å². The van der Waals surface area contributed by atoms with Gasteiger partial charge >= 0.3 is 5.69 Å². The van der Waals surface area contributed by atoms with Crippen molar-refractivity contribution in [2.24, 2.45) is 0 Å². The predicted octanol–water partition coefficient (Wildman–Crippen LogP) is 4.01. The molecule has 0 spiro atoms. The number of nitrogens with zero attached hydrogens (tertiary/aromatic N) is 1. The van der Waals surface area contributed by atoms with E-state index < -0.39 is 10.7 Å². The van der Waals surface area contributed by atoms with Gasteiger partial charge in [-0.15, -0.1) is 0 Å². The number of rotatable bonds is 5. The van der Waals surface area contributed by atoms with E-state index in [0.29, 0.717) is 12.3 Å². The van der Waals surface area contributed by atoms with Crippen LogP contribution in [0.15, 0.2) is 40.9 Å². The number of nitro benzene ring substituents is 1. The number of nitro groups is 1. The summed E-state index contributed by atoms with van der Waals surface area (Å²) in [5.74, 6) is -0.288. The first-order valence-electron chi connectivity index (χ1n) is 6.06. The Labute approximate surface area is 129 Å². The fraction of sp³-hybridized carbons (Fsp3) is 0.143. The van der Waals surface area contributed by atoms with Crippen molar-refractivity contribution in [3.05, 3.63) is 62.4 Å². The van der Waals surface area contributed by atoms with Gasteiger partial charge < -0.3 is 10.1 Å². The number of halogens is 2. The highest BCUT2D eigenvalue weighted by Crippen LogP contribution is 2.34. The number of nitrogens with one attached hydrogen (secondary N) is 1. The Bertz CT molecular complexity index is 679. The van der Waals surface area contributed by atoms with Gasteiger partial charge in [0.25, 0.3) is 0 Å². The van der Waals surface area contributed by atoms with Crippen molar-refractivity contribution in [2.75, 3.05) is 7.05 Å². The molecule has 2 aromatic rings. The van der Waals surface area contributed by atoms with Crippen molar-refractivity contribution in [1.82, 2.24) is 5.32 Å². The van der Waals surface area contributed by atoms with Crippen LogP contribution in [0.4, 0.5) is 10.1 Å². The Morgan fingerprint density at radius 3 is 2.71 bits per heavy atom. The maximum absolute atomic E-state index is 13.3. The molecule has 0 amide bonds. The molecule has 0 unspecified atom stereocenters. The molecule has 0 radical (unpaired) electrons. The average molecular weight is 355 g/mol. The molecule has 5 nitrogen and oxygen atoms in total. The maximum Gasteiger partial charge on any atom is 0.311 e. The van der Waals surface area contributed by atoms with Gasteiger partial charge in [-0.3, -0.25) is 10.1 Å². The highest BCUT2D eigenvalue weighted by Gasteiger charge is 2.18. The van der Waals surface area contributed by atoms with Crippen molar-refractivity contribution in [2.45, 2.75) is 6.54 Å². The third kappa shape index (κ3) is 3.77. The van der Waals surface area contributed by atoms with Crippen LogP contribution >= 0.6 is 15.9 Å². The van der Waals surface area contributed by atoms with E-state index in [4.69, 9.17) is 4.74 Å². The standard InChI is InChI=1S/C14H12BrFN2O3/c1-17-8-9-6-10(15)2-5-13(9)21-14-7-11(16)3-4-12(14)18(19)20/h2-7,17H,8H2,1H3. The minimum Gasteiger partial charge on any atom is -0.450 e. The van der Waals surface area contributed by atoms with Crippen LogP contribution in [-0.4, -0.2) is 12.0 Å². The van der Waals surface area contributed by atoms with Gasteiger partial charge in [0.2, 0.25) is 5.75 Å². The van der Waals surface area contributed by atoms with E-state index in [-0.39, 0.29) is 11.4 Å². The Balaban J connectivity index is 2.42. The number of ether oxygens (including phenoxy) is 1. The highest BCUT2D eigenvalue weighted by atomic mass is 79.9. The molecular formula is C14H12BrFN2O3. The number of benzene rings is 2. The van der Waals surface area contributed by atoms with Gasteiger partial charge in [0.15, 0.2) is 0 Å². The highest BCUT2D eigenvalue weighted by molar-refractivity contribution is 9.10. The normalized spacial score (nSPS) is 10.4. The van der Waals surface area contributed by atoms with E-state index in [1.807, 2.05) is 6.07 Å². The van der Waals surface area contributed by atoms with Gasteiger partial charge in [-0.05, 0) is 31.3 Å². The lowest BCUT2D eigenvalue weighted by molar-refractivity contribution is -0.385. The third-order valence-electron chi connectivity index (χ3n) is 2.73. The number of hydrogen-bond donors (Lipinski definition) is 1. The average Bonchev–Trinajstić information content (AvgIpc) is 2.42. The lowest BCUT2D eigenvalue weighted by Gasteiger charge is -2.11. The van der Waals surface area contributed by atoms with E-state index in [1.54, 1.807) is 19.2 Å². The van der Waals surface area contributed by atoms with E-state index in [0.717, 1.165) is 28.2 Å². The summed E-state index contributed by atoms with van der Waals surface area (Å²) < 4.78 is 19.7. The number of hydrogen-bond acceptors (Lipinski definition) is 4. The van der Waals surface area contributed by atoms with Crippen LogP contribution in [0.5, 0.6) is 11.5 Å². The van der Waals surface area contributed by atoms with Crippen molar-refractivity contribution in [3.8, 4) is 11.5 Å². The summed E-state index contributed by atoms with van der Waals surface area (Å²) in [5, 5.41) is 13.9. The predicted molar refractivity (Wildman–Crippen MR) is 80.0 cm³/mol. The Hall–Kier alpha value is -1.99. The molecule has 2 rings (SSSR count). The molecule has 0 atom stereocenters. The summed E-state index contributed by atoms with van der Waals surface area (Å²) in [4.78, 5) is 10.4. The summed E-state index contributed by atoms with van der Waals surface area (Å²) in [6.07, 6.45) is 0. The topological polar surface area (TPSA) is 64.4 Å². The van der Waals surface area contributed by atoms with E-state index in [2.05, 4.69) is 21.2 Å². The fourth-order valence-electron chi connectivity index (χ4n) is 1.82. The second kappa shape index (κ2) is 6.64. The quantitative estimate of drug-likeness (QED) is 0.650. The molecule has 0 heterocycles. The lowest BCUT2D eigenvalue weighted by Crippen LogP contribution is -2.06. The van der Waals surface area contributed by atoms with Crippen LogP contribution in [0.1, 0.15) is 5.56 Å². The molecule has 0 aliphatic rings. The summed E-state index contributed by atoms with van der Waals surface area (Å²) in [7, 11) is 1.77. The molecule has 2 aromatic carbocycles. The monoisotopic (exact) mass is 354 g/mol. The zero-order valence-electron chi connectivity index (χ0n) is 11.1. The summed E-state index contributed by atoms with van der Waals surface area (Å²) in [6.45, 7) is 0.512. The zero-order valence-corrected chi connectivity index (χ0v) is 12.7. The lowest BCUT2D eigenvalue weighted by atomic mass is 10.2. The first-order chi connectivity index (χ1) is 10.0. The molecular weight excluding hydrogens is 343 g/mol. The Kier molecular flexibility index (Phi) is 4.87. The van der Waals surface area contributed by atoms with Crippen LogP contribution in [0, 0.1) is 15.9 Å². The van der Waals surface area contributed by atoms with Gasteiger partial charge in [-0.2, -0.15) is 0 Å². The van der Waals surface area contributed by atoms with E-state index in [1.165, 1.54) is 0 Å². The second-order valence-electron chi connectivity index (χ2n) is 4.25. The Morgan fingerprint density at radius 1 is 1.29 bits per heavy atom. The molecule has 7 heteroatoms. The van der Waals surface area contributed by atoms with Gasteiger partial charge in [0.05, 0.1) is 4.92 Å². The zero-order chi connectivity index (χ0) is 15.4. The van der Waals surface area contributed by atoms with Crippen molar-refractivity contribution < 1.29 is 14.1 Å². The van der Waals surface area contributed by atoms with Crippen molar-refractivity contribution in [3.63, 3.8) is 0 Å². The molecule has 110 valence electrons. The SMILES string of the molecule is CNCc1cc(Br)ccc1Oc1cc(F)ccc1[N+](=O)[O-]. The minimum absolute atomic E-state index is 0.125. The van der Waals surface area contributed by atoms with Crippen LogP contribution in [0.25, 0.3) is 0 Å². The minimum atomic E-state index is -0.606. The summed E-state index contributed by atoms with van der Waals surface area (Å²) >= 11 is 3.35. The molecule has 0 bridgehead atoms. The molecule has 0 aliphatic carbocycles. The molecule has 0 aromatic heterocycles. The van der Waals surface area contributed by atoms with Gasteiger partial charge in [-0.1, -0.05) is 15.9 Å². The van der Waals surface area contributed by atoms with Crippen LogP contribution in [-0.2, 0) is 6.54 Å². The van der Waals surface area contributed by atoms with Crippen LogP contribution in [0.2, 0.25) is 0 Å². The van der Waals surface area contributed by atoms with Gasteiger partial charge in [-0.25, -0.2) is 4.39 Å². The largest absolute Gasteiger partial charge is 0.450 e. The summed E-state index contributed by atoms with van der Waals surface area (Å²) in [6, 6.07) is 8.37. The van der Waals surface area contributed by atoms with E-state index in [9.17, 15) is 14.5 Å². The molecule has 21 heavy (non-hydrogen) atoms. The van der Waals surface area contributed by atoms with Crippen molar-refractivity contribution >= 4 is 21.6 Å². The first kappa shape index (κ1) is 15.4. The van der Waals surface area contributed by atoms with Gasteiger partial charge in [0, 0.05) is 28.7 Å². The van der Waals surface area contributed by atoms with E-state index >= 15 is 0 Å². The molecule has 0 saturated heterocycles. The smallest absolute Gasteiger partial charge is 0.311 e. The fourth-order valence-corrected chi connectivity index (χ4v) is 2.22. The molecule has 1 N–H and O–H groups in total. The first-order valence-corrected chi connectivity index (χ1v) is 6.85. The van der Waals surface area contributed by atoms with Crippen molar-refractivity contribution in [1.29, 1.82) is 0 Å². The maximum atomic E-state index is 13.3. The molecule has 0 saturated carbocycles. The third-order valence-corrected chi connectivity index (χ3v) is 3.22. The molecule has 0 aliphatic heterocycles. The molecule has 0 fully saturated rings. The van der Waals surface area contributed by atoms with Crippen LogP contribution < -0.4 is 10.1 Å².